The molecule has 1 unspecified atom stereocenters. The van der Waals surface area contributed by atoms with Crippen LogP contribution in [0.1, 0.15) is 0 Å². The van der Waals surface area contributed by atoms with Gasteiger partial charge in [-0.15, -0.1) is 0 Å². The number of fused-ring (bicyclic) bond motifs is 1. The molecule has 1 aliphatic heterocycles. The van der Waals surface area contributed by atoms with Gasteiger partial charge in [0.25, 0.3) is 0 Å². The molecule has 1 aromatic heterocycles. The Morgan fingerprint density at radius 2 is 1.77 bits per heavy atom. The van der Waals surface area contributed by atoms with Crippen molar-refractivity contribution < 1.29 is 14.6 Å². The number of nitrogens with zero attached hydrogens (tertiary/aromatic N) is 3. The zero-order chi connectivity index (χ0) is 21.6. The minimum Gasteiger partial charge on any atom is -0.491 e. The topological polar surface area (TPSA) is 91.9 Å². The number of pyridine rings is 1. The smallest absolute Gasteiger partial charge is 0.231 e. The van der Waals surface area contributed by atoms with Gasteiger partial charge in [-0.25, -0.2) is 0 Å². The van der Waals surface area contributed by atoms with E-state index in [4.69, 9.17) is 10.5 Å². The number of aliphatic hydroxyl groups is 1. The average Bonchev–Trinajstić information content (AvgIpc) is 2.79. The van der Waals surface area contributed by atoms with Crippen LogP contribution in [0.25, 0.3) is 21.9 Å². The van der Waals surface area contributed by atoms with Crippen LogP contribution in [0.3, 0.4) is 0 Å². The molecule has 7 nitrogen and oxygen atoms in total. The lowest BCUT2D eigenvalue weighted by Gasteiger charge is -2.34. The number of hydrogen-bond donors (Lipinski definition) is 2. The Morgan fingerprint density at radius 1 is 1.03 bits per heavy atom. The monoisotopic (exact) mass is 420 g/mol. The Labute approximate surface area is 182 Å². The van der Waals surface area contributed by atoms with E-state index in [-0.39, 0.29) is 12.5 Å². The van der Waals surface area contributed by atoms with Gasteiger partial charge in [-0.2, -0.15) is 0 Å². The maximum atomic E-state index is 11.0. The van der Waals surface area contributed by atoms with Gasteiger partial charge in [0, 0.05) is 50.7 Å². The number of carbonyl (C=O) groups is 1. The standard InChI is InChI=1S/C24H28N4O3/c25-24(30)16-28-10-8-27(9-11-28)15-22(29)17-31-23-6-5-18-12-19(3-4-20(18)13-23)21-2-1-7-26-14-21/h1-7,12-14,22,29H,8-11,15-17H2,(H2,25,30). The number of amides is 1. The Morgan fingerprint density at radius 3 is 2.52 bits per heavy atom. The summed E-state index contributed by atoms with van der Waals surface area (Å²) in [6.07, 6.45) is 3.05. The second-order valence-corrected chi connectivity index (χ2v) is 7.97. The molecule has 7 heteroatoms. The number of β-amino-alcohol motifs (C(OH)–C–C–N with tert-alkyl or cyclic N) is 1. The first-order valence-corrected chi connectivity index (χ1v) is 10.5. The quantitative estimate of drug-likeness (QED) is 0.577. The normalized spacial score (nSPS) is 16.3. The van der Waals surface area contributed by atoms with Crippen molar-refractivity contribution in [2.75, 3.05) is 45.9 Å². The molecule has 4 rings (SSSR count). The molecule has 1 aliphatic rings. The van der Waals surface area contributed by atoms with E-state index in [0.717, 1.165) is 53.8 Å². The molecule has 162 valence electrons. The number of aliphatic hydroxyl groups excluding tert-OH is 1. The fourth-order valence-electron chi connectivity index (χ4n) is 3.92. The van der Waals surface area contributed by atoms with Crippen LogP contribution in [0, 0.1) is 0 Å². The summed E-state index contributed by atoms with van der Waals surface area (Å²) in [5, 5.41) is 12.6. The zero-order valence-electron chi connectivity index (χ0n) is 17.5. The van der Waals surface area contributed by atoms with E-state index in [1.165, 1.54) is 0 Å². The maximum Gasteiger partial charge on any atom is 0.231 e. The summed E-state index contributed by atoms with van der Waals surface area (Å²) in [6.45, 7) is 4.25. The summed E-state index contributed by atoms with van der Waals surface area (Å²) in [7, 11) is 0. The predicted octanol–water partition coefficient (Wildman–Crippen LogP) is 1.74. The molecule has 2 heterocycles. The van der Waals surface area contributed by atoms with Gasteiger partial charge < -0.3 is 15.6 Å². The van der Waals surface area contributed by atoms with E-state index in [2.05, 4.69) is 28.1 Å². The van der Waals surface area contributed by atoms with Crippen LogP contribution in [0.4, 0.5) is 0 Å². The Kier molecular flexibility index (Phi) is 6.76. The van der Waals surface area contributed by atoms with Crippen molar-refractivity contribution in [1.29, 1.82) is 0 Å². The maximum absolute atomic E-state index is 11.0. The molecular weight excluding hydrogens is 392 g/mol. The SMILES string of the molecule is NC(=O)CN1CCN(CC(O)COc2ccc3cc(-c4cccnc4)ccc3c2)CC1. The van der Waals surface area contributed by atoms with Crippen molar-refractivity contribution in [2.45, 2.75) is 6.10 Å². The van der Waals surface area contributed by atoms with E-state index in [9.17, 15) is 9.90 Å². The van der Waals surface area contributed by atoms with Crippen molar-refractivity contribution in [3.63, 3.8) is 0 Å². The molecular formula is C24H28N4O3. The van der Waals surface area contributed by atoms with Gasteiger partial charge in [0.05, 0.1) is 6.54 Å². The van der Waals surface area contributed by atoms with E-state index >= 15 is 0 Å². The van der Waals surface area contributed by atoms with Crippen LogP contribution < -0.4 is 10.5 Å². The van der Waals surface area contributed by atoms with Crippen molar-refractivity contribution in [3.05, 3.63) is 60.9 Å². The third-order valence-corrected chi connectivity index (χ3v) is 5.56. The third kappa shape index (κ3) is 5.79. The summed E-state index contributed by atoms with van der Waals surface area (Å²) >= 11 is 0. The highest BCUT2D eigenvalue weighted by atomic mass is 16.5. The number of rotatable bonds is 8. The van der Waals surface area contributed by atoms with Crippen LogP contribution in [0.2, 0.25) is 0 Å². The molecule has 0 aliphatic carbocycles. The number of aromatic nitrogens is 1. The van der Waals surface area contributed by atoms with E-state index < -0.39 is 6.10 Å². The molecule has 1 atom stereocenters. The molecule has 2 aromatic carbocycles. The van der Waals surface area contributed by atoms with E-state index in [1.54, 1.807) is 6.20 Å². The van der Waals surface area contributed by atoms with Crippen molar-refractivity contribution >= 4 is 16.7 Å². The fraction of sp³-hybridized carbons (Fsp3) is 0.333. The first kappa shape index (κ1) is 21.2. The number of hydrogen-bond acceptors (Lipinski definition) is 6. The van der Waals surface area contributed by atoms with Gasteiger partial charge in [-0.1, -0.05) is 24.3 Å². The highest BCUT2D eigenvalue weighted by molar-refractivity contribution is 5.88. The third-order valence-electron chi connectivity index (χ3n) is 5.56. The van der Waals surface area contributed by atoms with Crippen LogP contribution in [-0.4, -0.2) is 77.8 Å². The summed E-state index contributed by atoms with van der Waals surface area (Å²) < 4.78 is 5.85. The van der Waals surface area contributed by atoms with Crippen LogP contribution in [0.5, 0.6) is 5.75 Å². The second-order valence-electron chi connectivity index (χ2n) is 7.97. The van der Waals surface area contributed by atoms with Crippen molar-refractivity contribution in [2.24, 2.45) is 5.73 Å². The summed E-state index contributed by atoms with van der Waals surface area (Å²) in [5.74, 6) is 0.442. The minimum atomic E-state index is -0.577. The fourth-order valence-corrected chi connectivity index (χ4v) is 3.92. The van der Waals surface area contributed by atoms with Crippen LogP contribution >= 0.6 is 0 Å². The predicted molar refractivity (Wildman–Crippen MR) is 121 cm³/mol. The van der Waals surface area contributed by atoms with Gasteiger partial charge in [-0.05, 0) is 40.6 Å². The van der Waals surface area contributed by atoms with Crippen molar-refractivity contribution in [3.8, 4) is 16.9 Å². The minimum absolute atomic E-state index is 0.237. The van der Waals surface area contributed by atoms with Gasteiger partial charge in [0.2, 0.25) is 5.91 Å². The molecule has 3 N–H and O–H groups in total. The zero-order valence-corrected chi connectivity index (χ0v) is 17.5. The Bertz CT molecular complexity index is 1020. The van der Waals surface area contributed by atoms with Crippen LogP contribution in [0.15, 0.2) is 60.9 Å². The molecule has 0 saturated carbocycles. The molecule has 3 aromatic rings. The lowest BCUT2D eigenvalue weighted by atomic mass is 10.0. The number of piperazine rings is 1. The molecule has 1 saturated heterocycles. The van der Waals surface area contributed by atoms with E-state index in [1.807, 2.05) is 41.4 Å². The van der Waals surface area contributed by atoms with Gasteiger partial charge in [0.15, 0.2) is 0 Å². The number of carbonyl (C=O) groups excluding carboxylic acids is 1. The van der Waals surface area contributed by atoms with Gasteiger partial charge in [0.1, 0.15) is 18.5 Å². The Hall–Kier alpha value is -3.00. The number of ether oxygens (including phenoxy) is 1. The first-order chi connectivity index (χ1) is 15.1. The molecule has 1 amide bonds. The Balaban J connectivity index is 1.29. The number of benzene rings is 2. The lowest BCUT2D eigenvalue weighted by Crippen LogP contribution is -2.50. The summed E-state index contributed by atoms with van der Waals surface area (Å²) in [4.78, 5) is 19.4. The summed E-state index contributed by atoms with van der Waals surface area (Å²) in [6, 6.07) is 16.2. The van der Waals surface area contributed by atoms with Gasteiger partial charge in [-0.3, -0.25) is 19.6 Å². The van der Waals surface area contributed by atoms with E-state index in [0.29, 0.717) is 13.1 Å². The molecule has 31 heavy (non-hydrogen) atoms. The highest BCUT2D eigenvalue weighted by Crippen LogP contribution is 2.26. The lowest BCUT2D eigenvalue weighted by molar-refractivity contribution is -0.119. The molecule has 1 fully saturated rings. The molecule has 0 bridgehead atoms. The highest BCUT2D eigenvalue weighted by Gasteiger charge is 2.20. The number of primary amides is 1. The average molecular weight is 421 g/mol. The van der Waals surface area contributed by atoms with Gasteiger partial charge >= 0.3 is 0 Å². The molecule has 0 spiro atoms. The van der Waals surface area contributed by atoms with Crippen LogP contribution in [-0.2, 0) is 4.79 Å². The second kappa shape index (κ2) is 9.87. The number of nitrogens with two attached hydrogens (primary N) is 1. The largest absolute Gasteiger partial charge is 0.491 e. The summed E-state index contributed by atoms with van der Waals surface area (Å²) in [5.41, 5.74) is 7.46. The molecule has 0 radical (unpaired) electrons. The first-order valence-electron chi connectivity index (χ1n) is 10.5. The van der Waals surface area contributed by atoms with Crippen molar-refractivity contribution in [1.82, 2.24) is 14.8 Å².